The zero-order chi connectivity index (χ0) is 7.56. The van der Waals surface area contributed by atoms with Gasteiger partial charge in [-0.25, -0.2) is 4.98 Å². The molecule has 2 nitrogen and oxygen atoms in total. The molecule has 0 N–H and O–H groups in total. The summed E-state index contributed by atoms with van der Waals surface area (Å²) < 4.78 is 0.622. The molecule has 0 radical (unpaired) electrons. The van der Waals surface area contributed by atoms with Crippen LogP contribution >= 0.6 is 22.9 Å². The Bertz CT molecular complexity index is 209. The first kappa shape index (κ1) is 7.98. The Morgan fingerprint density at radius 3 is 2.80 bits per heavy atom. The molecule has 0 unspecified atom stereocenters. The van der Waals surface area contributed by atoms with Crippen molar-refractivity contribution in [2.45, 2.75) is 6.54 Å². The maximum atomic E-state index is 5.63. The first-order chi connectivity index (χ1) is 4.68. The summed E-state index contributed by atoms with van der Waals surface area (Å²) in [6.07, 6.45) is 0. The van der Waals surface area contributed by atoms with Crippen molar-refractivity contribution in [1.82, 2.24) is 9.88 Å². The van der Waals surface area contributed by atoms with Gasteiger partial charge in [0.05, 0.1) is 5.69 Å². The number of rotatable bonds is 2. The van der Waals surface area contributed by atoms with Gasteiger partial charge in [0.2, 0.25) is 0 Å². The molecule has 1 rings (SSSR count). The molecule has 4 heteroatoms. The molecule has 1 aromatic rings. The van der Waals surface area contributed by atoms with Gasteiger partial charge in [0.15, 0.2) is 4.47 Å². The van der Waals surface area contributed by atoms with Gasteiger partial charge in [-0.1, -0.05) is 11.6 Å². The molecule has 0 saturated heterocycles. The quantitative estimate of drug-likeness (QED) is 0.684. The van der Waals surface area contributed by atoms with Crippen molar-refractivity contribution in [2.24, 2.45) is 0 Å². The van der Waals surface area contributed by atoms with Crippen LogP contribution in [-0.2, 0) is 6.54 Å². The van der Waals surface area contributed by atoms with Crippen molar-refractivity contribution in [2.75, 3.05) is 14.1 Å². The number of aromatic nitrogens is 1. The fourth-order valence-corrected chi connectivity index (χ4v) is 1.45. The largest absolute Gasteiger partial charge is 0.304 e. The first-order valence-electron chi connectivity index (χ1n) is 2.93. The van der Waals surface area contributed by atoms with Crippen LogP contribution in [0.5, 0.6) is 0 Å². The highest BCUT2D eigenvalue weighted by Gasteiger charge is 1.99. The number of nitrogens with zero attached hydrogens (tertiary/aromatic N) is 2. The average Bonchev–Trinajstić information content (AvgIpc) is 2.13. The maximum absolute atomic E-state index is 5.63. The number of thiazole rings is 1. The predicted octanol–water partition coefficient (Wildman–Crippen LogP) is 1.86. The molecule has 1 heterocycles. The Balaban J connectivity index is 2.58. The number of halogens is 1. The molecule has 56 valence electrons. The maximum Gasteiger partial charge on any atom is 0.183 e. The van der Waals surface area contributed by atoms with E-state index in [9.17, 15) is 0 Å². The number of hydrogen-bond donors (Lipinski definition) is 0. The van der Waals surface area contributed by atoms with Crippen molar-refractivity contribution in [3.05, 3.63) is 15.5 Å². The zero-order valence-electron chi connectivity index (χ0n) is 5.97. The van der Waals surface area contributed by atoms with E-state index in [-0.39, 0.29) is 0 Å². The highest BCUT2D eigenvalue weighted by atomic mass is 35.5. The van der Waals surface area contributed by atoms with E-state index in [2.05, 4.69) is 9.88 Å². The van der Waals surface area contributed by atoms with Gasteiger partial charge in [-0.2, -0.15) is 0 Å². The predicted molar refractivity (Wildman–Crippen MR) is 44.5 cm³/mol. The van der Waals surface area contributed by atoms with Crippen LogP contribution in [0.25, 0.3) is 0 Å². The monoisotopic (exact) mass is 176 g/mol. The highest BCUT2D eigenvalue weighted by molar-refractivity contribution is 7.13. The Hall–Kier alpha value is -0.120. The second-order valence-electron chi connectivity index (χ2n) is 2.33. The molecule has 0 aliphatic carbocycles. The zero-order valence-corrected chi connectivity index (χ0v) is 7.54. The highest BCUT2D eigenvalue weighted by Crippen LogP contribution is 2.15. The molecule has 0 amide bonds. The normalized spacial score (nSPS) is 10.8. The van der Waals surface area contributed by atoms with Gasteiger partial charge in [-0.05, 0) is 14.1 Å². The minimum atomic E-state index is 0.622. The lowest BCUT2D eigenvalue weighted by Crippen LogP contribution is -2.10. The van der Waals surface area contributed by atoms with Crippen molar-refractivity contribution < 1.29 is 0 Å². The van der Waals surface area contributed by atoms with Gasteiger partial charge >= 0.3 is 0 Å². The second-order valence-corrected chi connectivity index (χ2v) is 3.77. The SMILES string of the molecule is CN(C)Cc1csc(Cl)n1. The van der Waals surface area contributed by atoms with Crippen molar-refractivity contribution in [3.63, 3.8) is 0 Å². The summed E-state index contributed by atoms with van der Waals surface area (Å²) in [4.78, 5) is 6.15. The van der Waals surface area contributed by atoms with Crippen LogP contribution in [-0.4, -0.2) is 24.0 Å². The van der Waals surface area contributed by atoms with Gasteiger partial charge in [-0.3, -0.25) is 0 Å². The summed E-state index contributed by atoms with van der Waals surface area (Å²) in [6, 6.07) is 0. The molecule has 0 spiro atoms. The molecule has 0 bridgehead atoms. The molecule has 0 atom stereocenters. The van der Waals surface area contributed by atoms with Crippen molar-refractivity contribution in [1.29, 1.82) is 0 Å². The van der Waals surface area contributed by atoms with Gasteiger partial charge in [0.1, 0.15) is 0 Å². The van der Waals surface area contributed by atoms with E-state index < -0.39 is 0 Å². The molecule has 10 heavy (non-hydrogen) atoms. The lowest BCUT2D eigenvalue weighted by atomic mass is 10.5. The minimum Gasteiger partial charge on any atom is -0.304 e. The summed E-state index contributed by atoms with van der Waals surface area (Å²) >= 11 is 7.11. The standard InChI is InChI=1S/C6H9ClN2S/c1-9(2)3-5-4-10-6(7)8-5/h4H,3H2,1-2H3. The van der Waals surface area contributed by atoms with Crippen LogP contribution in [0.2, 0.25) is 4.47 Å². The Kier molecular flexibility index (Phi) is 2.65. The van der Waals surface area contributed by atoms with Crippen LogP contribution in [0.1, 0.15) is 5.69 Å². The van der Waals surface area contributed by atoms with Gasteiger partial charge < -0.3 is 4.90 Å². The van der Waals surface area contributed by atoms with E-state index in [1.165, 1.54) is 11.3 Å². The third-order valence-corrected chi connectivity index (χ3v) is 2.03. The van der Waals surface area contributed by atoms with Crippen LogP contribution in [0, 0.1) is 0 Å². The summed E-state index contributed by atoms with van der Waals surface area (Å²) in [5.41, 5.74) is 1.04. The van der Waals surface area contributed by atoms with E-state index in [1.807, 2.05) is 19.5 Å². The Morgan fingerprint density at radius 1 is 1.70 bits per heavy atom. The molecule has 0 fully saturated rings. The topological polar surface area (TPSA) is 16.1 Å². The molecule has 1 aromatic heterocycles. The molecular formula is C6H9ClN2S. The van der Waals surface area contributed by atoms with Crippen LogP contribution in [0.4, 0.5) is 0 Å². The van der Waals surface area contributed by atoms with E-state index in [4.69, 9.17) is 11.6 Å². The van der Waals surface area contributed by atoms with Gasteiger partial charge in [-0.15, -0.1) is 11.3 Å². The summed E-state index contributed by atoms with van der Waals surface area (Å²) in [7, 11) is 4.01. The van der Waals surface area contributed by atoms with E-state index in [1.54, 1.807) is 0 Å². The van der Waals surface area contributed by atoms with Crippen LogP contribution in [0.3, 0.4) is 0 Å². The van der Waals surface area contributed by atoms with Crippen molar-refractivity contribution in [3.8, 4) is 0 Å². The summed E-state index contributed by atoms with van der Waals surface area (Å²) in [5, 5.41) is 1.97. The van der Waals surface area contributed by atoms with Crippen LogP contribution in [0.15, 0.2) is 5.38 Å². The van der Waals surface area contributed by atoms with E-state index >= 15 is 0 Å². The lowest BCUT2D eigenvalue weighted by Gasteiger charge is -2.04. The molecule has 0 saturated carbocycles. The smallest absolute Gasteiger partial charge is 0.183 e. The van der Waals surface area contributed by atoms with Gasteiger partial charge in [0, 0.05) is 11.9 Å². The second kappa shape index (κ2) is 3.32. The van der Waals surface area contributed by atoms with Gasteiger partial charge in [0.25, 0.3) is 0 Å². The van der Waals surface area contributed by atoms with Crippen LogP contribution < -0.4 is 0 Å². The third kappa shape index (κ3) is 2.25. The fraction of sp³-hybridized carbons (Fsp3) is 0.500. The Morgan fingerprint density at radius 2 is 2.40 bits per heavy atom. The van der Waals surface area contributed by atoms with E-state index in [0.29, 0.717) is 4.47 Å². The minimum absolute atomic E-state index is 0.622. The number of hydrogen-bond acceptors (Lipinski definition) is 3. The summed E-state index contributed by atoms with van der Waals surface area (Å²) in [6.45, 7) is 0.864. The third-order valence-electron chi connectivity index (χ3n) is 1.00. The molecule has 0 aromatic carbocycles. The first-order valence-corrected chi connectivity index (χ1v) is 4.19. The summed E-state index contributed by atoms with van der Waals surface area (Å²) in [5.74, 6) is 0. The van der Waals surface area contributed by atoms with E-state index in [0.717, 1.165) is 12.2 Å². The lowest BCUT2D eigenvalue weighted by molar-refractivity contribution is 0.398. The molecule has 0 aliphatic heterocycles. The fourth-order valence-electron chi connectivity index (χ4n) is 0.679. The average molecular weight is 177 g/mol. The molecule has 0 aliphatic rings. The Labute approximate surface area is 69.4 Å². The van der Waals surface area contributed by atoms with Crippen molar-refractivity contribution >= 4 is 22.9 Å². The molecular weight excluding hydrogens is 168 g/mol.